The molecular formula is C13H20N2O3S. The number of hydrogen-bond acceptors (Lipinski definition) is 3. The molecule has 1 aromatic rings. The van der Waals surface area contributed by atoms with E-state index in [0.717, 1.165) is 18.4 Å². The summed E-state index contributed by atoms with van der Waals surface area (Å²) < 4.78 is 27.7. The van der Waals surface area contributed by atoms with Crippen molar-refractivity contribution in [2.75, 3.05) is 20.2 Å². The van der Waals surface area contributed by atoms with Crippen LogP contribution >= 0.6 is 0 Å². The van der Waals surface area contributed by atoms with Crippen LogP contribution in [0.4, 0.5) is 0 Å². The third-order valence-corrected chi connectivity index (χ3v) is 5.46. The van der Waals surface area contributed by atoms with Gasteiger partial charge in [-0.2, -0.15) is 17.0 Å². The van der Waals surface area contributed by atoms with Crippen LogP contribution in [0.5, 0.6) is 0 Å². The Hall–Kier alpha value is -0.950. The second-order valence-electron chi connectivity index (χ2n) is 4.84. The number of aliphatic hydroxyl groups excluding tert-OH is 1. The van der Waals surface area contributed by atoms with E-state index in [2.05, 4.69) is 0 Å². The maximum absolute atomic E-state index is 12.4. The summed E-state index contributed by atoms with van der Waals surface area (Å²) in [6, 6.07) is 9.21. The van der Waals surface area contributed by atoms with Crippen LogP contribution in [0.2, 0.25) is 0 Å². The lowest BCUT2D eigenvalue weighted by atomic mass is 10.2. The second kappa shape index (κ2) is 6.00. The van der Waals surface area contributed by atoms with Gasteiger partial charge in [0.15, 0.2) is 0 Å². The van der Waals surface area contributed by atoms with Crippen molar-refractivity contribution in [3.63, 3.8) is 0 Å². The molecule has 0 bridgehead atoms. The smallest absolute Gasteiger partial charge is 0.282 e. The molecule has 106 valence electrons. The molecule has 1 aromatic carbocycles. The van der Waals surface area contributed by atoms with Crippen molar-refractivity contribution in [1.29, 1.82) is 0 Å². The molecule has 0 aliphatic carbocycles. The van der Waals surface area contributed by atoms with E-state index in [-0.39, 0.29) is 12.6 Å². The lowest BCUT2D eigenvalue weighted by Gasteiger charge is -2.27. The van der Waals surface area contributed by atoms with Crippen LogP contribution in [0, 0.1) is 0 Å². The molecule has 1 unspecified atom stereocenters. The van der Waals surface area contributed by atoms with E-state index in [1.165, 1.54) is 8.61 Å². The van der Waals surface area contributed by atoms with Crippen LogP contribution in [0.1, 0.15) is 18.4 Å². The monoisotopic (exact) mass is 284 g/mol. The van der Waals surface area contributed by atoms with Crippen molar-refractivity contribution >= 4 is 10.2 Å². The Balaban J connectivity index is 2.11. The second-order valence-corrected chi connectivity index (χ2v) is 6.83. The predicted octanol–water partition coefficient (Wildman–Crippen LogP) is 0.820. The molecule has 1 aliphatic heterocycles. The van der Waals surface area contributed by atoms with Crippen LogP contribution in [0.25, 0.3) is 0 Å². The van der Waals surface area contributed by atoms with Gasteiger partial charge < -0.3 is 5.11 Å². The quantitative estimate of drug-likeness (QED) is 0.871. The van der Waals surface area contributed by atoms with Gasteiger partial charge in [-0.3, -0.25) is 0 Å². The lowest BCUT2D eigenvalue weighted by molar-refractivity contribution is 0.207. The Kier molecular flexibility index (Phi) is 4.57. The Morgan fingerprint density at radius 3 is 2.68 bits per heavy atom. The molecule has 19 heavy (non-hydrogen) atoms. The molecule has 1 heterocycles. The predicted molar refractivity (Wildman–Crippen MR) is 73.6 cm³/mol. The molecule has 1 atom stereocenters. The summed E-state index contributed by atoms with van der Waals surface area (Å²) in [4.78, 5) is 0. The number of rotatable bonds is 5. The van der Waals surface area contributed by atoms with Gasteiger partial charge in [0.1, 0.15) is 0 Å². The molecule has 1 fully saturated rings. The van der Waals surface area contributed by atoms with E-state index in [1.54, 1.807) is 7.05 Å². The summed E-state index contributed by atoms with van der Waals surface area (Å²) >= 11 is 0. The van der Waals surface area contributed by atoms with E-state index in [0.29, 0.717) is 13.1 Å². The Morgan fingerprint density at radius 1 is 1.37 bits per heavy atom. The van der Waals surface area contributed by atoms with Crippen molar-refractivity contribution in [2.24, 2.45) is 0 Å². The van der Waals surface area contributed by atoms with E-state index in [1.807, 2.05) is 30.3 Å². The highest BCUT2D eigenvalue weighted by Crippen LogP contribution is 2.23. The maximum atomic E-state index is 12.4. The molecule has 2 rings (SSSR count). The fourth-order valence-corrected chi connectivity index (χ4v) is 3.98. The fraction of sp³-hybridized carbons (Fsp3) is 0.538. The zero-order valence-electron chi connectivity index (χ0n) is 11.1. The van der Waals surface area contributed by atoms with E-state index < -0.39 is 10.2 Å². The molecule has 5 nitrogen and oxygen atoms in total. The highest BCUT2D eigenvalue weighted by Gasteiger charge is 2.36. The lowest BCUT2D eigenvalue weighted by Crippen LogP contribution is -2.45. The van der Waals surface area contributed by atoms with Gasteiger partial charge in [-0.1, -0.05) is 30.3 Å². The van der Waals surface area contributed by atoms with Gasteiger partial charge in [0, 0.05) is 26.2 Å². The van der Waals surface area contributed by atoms with Crippen LogP contribution in [-0.2, 0) is 16.8 Å². The van der Waals surface area contributed by atoms with Gasteiger partial charge in [0.05, 0.1) is 6.61 Å². The first-order valence-corrected chi connectivity index (χ1v) is 7.83. The molecule has 1 aliphatic rings. The van der Waals surface area contributed by atoms with Crippen LogP contribution in [0.3, 0.4) is 0 Å². The highest BCUT2D eigenvalue weighted by molar-refractivity contribution is 7.86. The van der Waals surface area contributed by atoms with Gasteiger partial charge >= 0.3 is 0 Å². The zero-order valence-corrected chi connectivity index (χ0v) is 11.9. The Bertz CT molecular complexity index is 504. The summed E-state index contributed by atoms with van der Waals surface area (Å²) in [6.45, 7) is 0.725. The average Bonchev–Trinajstić information content (AvgIpc) is 2.88. The summed E-state index contributed by atoms with van der Waals surface area (Å²) in [5.74, 6) is 0. The number of benzene rings is 1. The molecular weight excluding hydrogens is 264 g/mol. The van der Waals surface area contributed by atoms with Crippen LogP contribution < -0.4 is 0 Å². The van der Waals surface area contributed by atoms with Crippen molar-refractivity contribution in [3.8, 4) is 0 Å². The largest absolute Gasteiger partial charge is 0.395 e. The standard InChI is InChI=1S/C13H20N2O3S/c1-14(10-12-6-3-2-4-7-12)19(17,18)15-9-5-8-13(15)11-16/h2-4,6-7,13,16H,5,8-11H2,1H3. The molecule has 0 radical (unpaired) electrons. The fourth-order valence-electron chi connectivity index (χ4n) is 2.40. The SMILES string of the molecule is CN(Cc1ccccc1)S(=O)(=O)N1CCCC1CO. The molecule has 0 spiro atoms. The molecule has 0 aromatic heterocycles. The van der Waals surface area contributed by atoms with E-state index in [4.69, 9.17) is 0 Å². The van der Waals surface area contributed by atoms with Crippen LogP contribution in [0.15, 0.2) is 30.3 Å². The summed E-state index contributed by atoms with van der Waals surface area (Å²) in [6.07, 6.45) is 1.54. The highest BCUT2D eigenvalue weighted by atomic mass is 32.2. The molecule has 6 heteroatoms. The maximum Gasteiger partial charge on any atom is 0.282 e. The minimum Gasteiger partial charge on any atom is -0.395 e. The van der Waals surface area contributed by atoms with Crippen LogP contribution in [-0.4, -0.2) is 48.4 Å². The third-order valence-electron chi connectivity index (χ3n) is 3.47. The van der Waals surface area contributed by atoms with Gasteiger partial charge in [0.25, 0.3) is 10.2 Å². The number of hydrogen-bond donors (Lipinski definition) is 1. The third kappa shape index (κ3) is 3.14. The first-order valence-electron chi connectivity index (χ1n) is 6.43. The summed E-state index contributed by atoms with van der Waals surface area (Å²) in [5, 5.41) is 9.25. The van der Waals surface area contributed by atoms with Crippen molar-refractivity contribution in [2.45, 2.75) is 25.4 Å². The first kappa shape index (κ1) is 14.5. The summed E-state index contributed by atoms with van der Waals surface area (Å²) in [5.41, 5.74) is 0.952. The van der Waals surface area contributed by atoms with Crippen molar-refractivity contribution in [1.82, 2.24) is 8.61 Å². The molecule has 0 amide bonds. The van der Waals surface area contributed by atoms with E-state index in [9.17, 15) is 13.5 Å². The van der Waals surface area contributed by atoms with Gasteiger partial charge in [-0.25, -0.2) is 0 Å². The number of aliphatic hydroxyl groups is 1. The number of nitrogens with zero attached hydrogens (tertiary/aromatic N) is 2. The van der Waals surface area contributed by atoms with Crippen molar-refractivity contribution < 1.29 is 13.5 Å². The molecule has 1 N–H and O–H groups in total. The topological polar surface area (TPSA) is 60.9 Å². The normalized spacial score (nSPS) is 21.1. The van der Waals surface area contributed by atoms with Gasteiger partial charge in [0.2, 0.25) is 0 Å². The summed E-state index contributed by atoms with van der Waals surface area (Å²) in [7, 11) is -1.91. The Morgan fingerprint density at radius 2 is 2.05 bits per heavy atom. The average molecular weight is 284 g/mol. The van der Waals surface area contributed by atoms with Gasteiger partial charge in [-0.05, 0) is 18.4 Å². The van der Waals surface area contributed by atoms with E-state index >= 15 is 0 Å². The molecule has 1 saturated heterocycles. The minimum absolute atomic E-state index is 0.113. The van der Waals surface area contributed by atoms with Crippen molar-refractivity contribution in [3.05, 3.63) is 35.9 Å². The van der Waals surface area contributed by atoms with Gasteiger partial charge in [-0.15, -0.1) is 0 Å². The zero-order chi connectivity index (χ0) is 13.9. The molecule has 0 saturated carbocycles. The Labute approximate surface area is 114 Å². The first-order chi connectivity index (χ1) is 9.05. The minimum atomic E-state index is -3.49.